The molecule has 0 fully saturated rings. The molecule has 7 heteroatoms. The number of rotatable bonds is 7. The van der Waals surface area contributed by atoms with E-state index in [0.717, 1.165) is 11.3 Å². The van der Waals surface area contributed by atoms with Gasteiger partial charge in [-0.1, -0.05) is 12.1 Å². The van der Waals surface area contributed by atoms with E-state index in [-0.39, 0.29) is 12.5 Å². The maximum atomic E-state index is 11.9. The van der Waals surface area contributed by atoms with Gasteiger partial charge in [-0.3, -0.25) is 4.79 Å². The Morgan fingerprint density at radius 1 is 1.08 bits per heavy atom. The van der Waals surface area contributed by atoms with Crippen molar-refractivity contribution in [1.82, 2.24) is 5.32 Å². The van der Waals surface area contributed by atoms with E-state index < -0.39 is 5.97 Å². The minimum Gasteiger partial charge on any atom is -0.497 e. The number of hydrogen-bond acceptors (Lipinski definition) is 5. The van der Waals surface area contributed by atoms with Crippen LogP contribution >= 0.6 is 15.9 Å². The van der Waals surface area contributed by atoms with Gasteiger partial charge in [0.1, 0.15) is 11.5 Å². The lowest BCUT2D eigenvalue weighted by atomic mass is 10.2. The van der Waals surface area contributed by atoms with Crippen molar-refractivity contribution in [2.75, 3.05) is 20.8 Å². The molecule has 0 atom stereocenters. The minimum atomic E-state index is -0.440. The van der Waals surface area contributed by atoms with Gasteiger partial charge < -0.3 is 19.5 Å². The molecule has 0 unspecified atom stereocenters. The van der Waals surface area contributed by atoms with Crippen molar-refractivity contribution in [3.63, 3.8) is 0 Å². The molecule has 1 amide bonds. The first-order valence-electron chi connectivity index (χ1n) is 7.43. The second kappa shape index (κ2) is 9.08. The largest absolute Gasteiger partial charge is 0.497 e. The number of carbonyl (C=O) groups excluding carboxylic acids is 2. The molecule has 0 aliphatic rings. The SMILES string of the molecule is COC(=O)c1ccc(OCC(=O)NCc2ccc(OC)cc2)c(Br)c1. The highest BCUT2D eigenvalue weighted by Gasteiger charge is 2.10. The maximum Gasteiger partial charge on any atom is 0.337 e. The van der Waals surface area contributed by atoms with E-state index in [2.05, 4.69) is 26.0 Å². The van der Waals surface area contributed by atoms with Crippen LogP contribution in [0.4, 0.5) is 0 Å². The minimum absolute atomic E-state index is 0.133. The van der Waals surface area contributed by atoms with E-state index in [1.807, 2.05) is 24.3 Å². The van der Waals surface area contributed by atoms with E-state index in [1.165, 1.54) is 7.11 Å². The number of benzene rings is 2. The van der Waals surface area contributed by atoms with E-state index in [0.29, 0.717) is 22.3 Å². The summed E-state index contributed by atoms with van der Waals surface area (Å²) in [6.45, 7) is 0.265. The van der Waals surface area contributed by atoms with Crippen molar-refractivity contribution in [2.24, 2.45) is 0 Å². The first-order valence-corrected chi connectivity index (χ1v) is 8.23. The summed E-state index contributed by atoms with van der Waals surface area (Å²) < 4.78 is 15.8. The van der Waals surface area contributed by atoms with Crippen LogP contribution in [-0.2, 0) is 16.1 Å². The van der Waals surface area contributed by atoms with Gasteiger partial charge in [-0.05, 0) is 51.8 Å². The lowest BCUT2D eigenvalue weighted by molar-refractivity contribution is -0.123. The zero-order valence-corrected chi connectivity index (χ0v) is 15.5. The average Bonchev–Trinajstić information content (AvgIpc) is 2.65. The van der Waals surface area contributed by atoms with Gasteiger partial charge in [0.05, 0.1) is 24.3 Å². The van der Waals surface area contributed by atoms with Gasteiger partial charge in [-0.2, -0.15) is 0 Å². The topological polar surface area (TPSA) is 73.9 Å². The molecule has 0 spiro atoms. The number of esters is 1. The molecule has 6 nitrogen and oxygen atoms in total. The summed E-state index contributed by atoms with van der Waals surface area (Å²) in [4.78, 5) is 23.3. The standard InChI is InChI=1S/C18H18BrNO5/c1-23-14-6-3-12(4-7-14)10-20-17(21)11-25-16-8-5-13(9-15(16)19)18(22)24-2/h3-9H,10-11H2,1-2H3,(H,20,21). The number of hydrogen-bond donors (Lipinski definition) is 1. The highest BCUT2D eigenvalue weighted by molar-refractivity contribution is 9.10. The quantitative estimate of drug-likeness (QED) is 0.714. The number of methoxy groups -OCH3 is 2. The second-order valence-electron chi connectivity index (χ2n) is 5.05. The molecular formula is C18H18BrNO5. The Kier molecular flexibility index (Phi) is 6.82. The third-order valence-corrected chi connectivity index (χ3v) is 3.98. The van der Waals surface area contributed by atoms with Crippen molar-refractivity contribution in [1.29, 1.82) is 0 Å². The molecule has 2 rings (SSSR count). The lowest BCUT2D eigenvalue weighted by Crippen LogP contribution is -2.28. The molecule has 0 radical (unpaired) electrons. The van der Waals surface area contributed by atoms with Crippen molar-refractivity contribution in [3.8, 4) is 11.5 Å². The van der Waals surface area contributed by atoms with Crippen molar-refractivity contribution >= 4 is 27.8 Å². The molecule has 0 aliphatic carbocycles. The number of carbonyl (C=O) groups is 2. The van der Waals surface area contributed by atoms with Crippen LogP contribution in [0, 0.1) is 0 Å². The Morgan fingerprint density at radius 3 is 2.40 bits per heavy atom. The molecule has 0 aliphatic heterocycles. The summed E-state index contributed by atoms with van der Waals surface area (Å²) >= 11 is 3.31. The number of ether oxygens (including phenoxy) is 3. The van der Waals surface area contributed by atoms with E-state index in [4.69, 9.17) is 9.47 Å². The molecule has 0 bridgehead atoms. The van der Waals surface area contributed by atoms with Crippen LogP contribution in [0.25, 0.3) is 0 Å². The zero-order valence-electron chi connectivity index (χ0n) is 13.9. The van der Waals surface area contributed by atoms with E-state index in [9.17, 15) is 9.59 Å². The third-order valence-electron chi connectivity index (χ3n) is 3.36. The Labute approximate surface area is 154 Å². The van der Waals surface area contributed by atoms with Crippen LogP contribution in [0.15, 0.2) is 46.9 Å². The van der Waals surface area contributed by atoms with Crippen molar-refractivity contribution in [2.45, 2.75) is 6.54 Å². The van der Waals surface area contributed by atoms with Crippen molar-refractivity contribution < 1.29 is 23.8 Å². The Balaban J connectivity index is 1.84. The third kappa shape index (κ3) is 5.49. The van der Waals surface area contributed by atoms with Crippen LogP contribution in [0.5, 0.6) is 11.5 Å². The van der Waals surface area contributed by atoms with Gasteiger partial charge in [-0.25, -0.2) is 4.79 Å². The summed E-state index contributed by atoms with van der Waals surface area (Å²) in [5.41, 5.74) is 1.35. The molecule has 2 aromatic carbocycles. The van der Waals surface area contributed by atoms with Gasteiger partial charge in [-0.15, -0.1) is 0 Å². The van der Waals surface area contributed by atoms with Crippen LogP contribution < -0.4 is 14.8 Å². The maximum absolute atomic E-state index is 11.9. The smallest absolute Gasteiger partial charge is 0.337 e. The molecule has 0 heterocycles. The molecule has 0 aromatic heterocycles. The van der Waals surface area contributed by atoms with Gasteiger partial charge in [0.2, 0.25) is 0 Å². The summed E-state index contributed by atoms with van der Waals surface area (Å²) in [6, 6.07) is 12.2. The van der Waals surface area contributed by atoms with Crippen molar-refractivity contribution in [3.05, 3.63) is 58.1 Å². The van der Waals surface area contributed by atoms with E-state index >= 15 is 0 Å². The van der Waals surface area contributed by atoms with Crippen LogP contribution in [0.2, 0.25) is 0 Å². The van der Waals surface area contributed by atoms with Gasteiger partial charge in [0, 0.05) is 6.54 Å². The Bertz CT molecular complexity index is 746. The monoisotopic (exact) mass is 407 g/mol. The summed E-state index contributed by atoms with van der Waals surface area (Å²) in [6.07, 6.45) is 0. The fraction of sp³-hybridized carbons (Fsp3) is 0.222. The van der Waals surface area contributed by atoms with Crippen LogP contribution in [0.3, 0.4) is 0 Å². The highest BCUT2D eigenvalue weighted by Crippen LogP contribution is 2.26. The number of halogens is 1. The Hall–Kier alpha value is -2.54. The van der Waals surface area contributed by atoms with Crippen LogP contribution in [0.1, 0.15) is 15.9 Å². The first kappa shape index (κ1) is 18.8. The highest BCUT2D eigenvalue weighted by atomic mass is 79.9. The molecule has 2 aromatic rings. The summed E-state index contributed by atoms with van der Waals surface area (Å²) in [7, 11) is 2.91. The zero-order chi connectivity index (χ0) is 18.2. The number of amides is 1. The normalized spacial score (nSPS) is 10.0. The fourth-order valence-electron chi connectivity index (χ4n) is 2.00. The summed E-state index contributed by atoms with van der Waals surface area (Å²) in [5.74, 6) is 0.537. The first-order chi connectivity index (χ1) is 12.0. The summed E-state index contributed by atoms with van der Waals surface area (Å²) in [5, 5.41) is 2.77. The molecular weight excluding hydrogens is 390 g/mol. The predicted molar refractivity (Wildman–Crippen MR) is 95.8 cm³/mol. The number of nitrogens with one attached hydrogen (secondary N) is 1. The lowest BCUT2D eigenvalue weighted by Gasteiger charge is -2.10. The van der Waals surface area contributed by atoms with Gasteiger partial charge in [0.25, 0.3) is 5.91 Å². The molecule has 132 valence electrons. The molecule has 0 saturated heterocycles. The average molecular weight is 408 g/mol. The van der Waals surface area contributed by atoms with Gasteiger partial charge >= 0.3 is 5.97 Å². The Morgan fingerprint density at radius 2 is 1.80 bits per heavy atom. The van der Waals surface area contributed by atoms with Crippen LogP contribution in [-0.4, -0.2) is 32.7 Å². The second-order valence-corrected chi connectivity index (χ2v) is 5.90. The van der Waals surface area contributed by atoms with E-state index in [1.54, 1.807) is 25.3 Å². The predicted octanol–water partition coefficient (Wildman–Crippen LogP) is 2.94. The molecule has 25 heavy (non-hydrogen) atoms. The molecule has 1 N–H and O–H groups in total. The molecule has 0 saturated carbocycles. The van der Waals surface area contributed by atoms with Gasteiger partial charge in [0.15, 0.2) is 6.61 Å². The fourth-order valence-corrected chi connectivity index (χ4v) is 2.49.